The Balaban J connectivity index is 2.26. The van der Waals surface area contributed by atoms with Crippen molar-refractivity contribution in [2.24, 2.45) is 5.73 Å². The van der Waals surface area contributed by atoms with Crippen molar-refractivity contribution in [1.29, 1.82) is 0 Å². The van der Waals surface area contributed by atoms with Crippen LogP contribution in [0.2, 0.25) is 5.02 Å². The summed E-state index contributed by atoms with van der Waals surface area (Å²) in [6.45, 7) is 1.11. The van der Waals surface area contributed by atoms with Crippen molar-refractivity contribution in [3.05, 3.63) is 22.7 Å². The van der Waals surface area contributed by atoms with Gasteiger partial charge in [-0.1, -0.05) is 11.6 Å². The fraction of sp³-hybridized carbons (Fsp3) is 0.417. The molecule has 0 fully saturated rings. The number of carboxylic acids is 1. The predicted molar refractivity (Wildman–Crippen MR) is 66.4 cm³/mol. The van der Waals surface area contributed by atoms with E-state index in [4.69, 9.17) is 31.9 Å². The minimum atomic E-state index is -1.04. The number of benzene rings is 1. The Bertz CT molecular complexity index is 464. The molecule has 1 aliphatic heterocycles. The molecule has 1 atom stereocenters. The zero-order valence-corrected chi connectivity index (χ0v) is 10.4. The predicted octanol–water partition coefficient (Wildman–Crippen LogP) is 1.46. The van der Waals surface area contributed by atoms with E-state index < -0.39 is 12.0 Å². The summed E-state index contributed by atoms with van der Waals surface area (Å²) in [5.41, 5.74) is 6.21. The molecule has 1 unspecified atom stereocenters. The minimum Gasteiger partial charge on any atom is -0.489 e. The van der Waals surface area contributed by atoms with Crippen LogP contribution in [0.3, 0.4) is 0 Å². The van der Waals surface area contributed by atoms with Crippen LogP contribution in [0, 0.1) is 0 Å². The Hall–Kier alpha value is -1.46. The number of hydrogen-bond acceptors (Lipinski definition) is 4. The van der Waals surface area contributed by atoms with E-state index in [2.05, 4.69) is 0 Å². The van der Waals surface area contributed by atoms with Crippen LogP contribution < -0.4 is 15.2 Å². The number of rotatable bonds is 3. The molecule has 1 heterocycles. The van der Waals surface area contributed by atoms with Crippen molar-refractivity contribution in [3.8, 4) is 11.5 Å². The first-order valence-electron chi connectivity index (χ1n) is 5.64. The second-order valence-corrected chi connectivity index (χ2v) is 4.51. The smallest absolute Gasteiger partial charge is 0.320 e. The minimum absolute atomic E-state index is 0.200. The normalized spacial score (nSPS) is 15.9. The summed E-state index contributed by atoms with van der Waals surface area (Å²) in [6.07, 6.45) is 0.987. The molecule has 2 rings (SSSR count). The molecule has 18 heavy (non-hydrogen) atoms. The first kappa shape index (κ1) is 13.0. The molecule has 1 aromatic rings. The third kappa shape index (κ3) is 2.86. The Morgan fingerprint density at radius 2 is 2.17 bits per heavy atom. The fourth-order valence-electron chi connectivity index (χ4n) is 1.74. The van der Waals surface area contributed by atoms with Gasteiger partial charge in [0.05, 0.1) is 18.2 Å². The summed E-state index contributed by atoms with van der Waals surface area (Å²) in [4.78, 5) is 10.7. The van der Waals surface area contributed by atoms with Gasteiger partial charge in [-0.15, -0.1) is 0 Å². The van der Waals surface area contributed by atoms with Gasteiger partial charge >= 0.3 is 5.97 Å². The summed E-state index contributed by atoms with van der Waals surface area (Å²) in [5, 5.41) is 9.20. The number of carboxylic acid groups (broad SMARTS) is 1. The number of aliphatic carboxylic acids is 1. The highest BCUT2D eigenvalue weighted by molar-refractivity contribution is 6.32. The summed E-state index contributed by atoms with van der Waals surface area (Å²) >= 11 is 6.09. The molecule has 0 aromatic heterocycles. The summed E-state index contributed by atoms with van der Waals surface area (Å²) in [7, 11) is 0. The van der Waals surface area contributed by atoms with Crippen LogP contribution in [0.15, 0.2) is 12.1 Å². The molecular weight excluding hydrogens is 258 g/mol. The van der Waals surface area contributed by atoms with E-state index in [9.17, 15) is 4.79 Å². The van der Waals surface area contributed by atoms with Gasteiger partial charge in [0.15, 0.2) is 11.5 Å². The zero-order chi connectivity index (χ0) is 13.1. The highest BCUT2D eigenvalue weighted by Crippen LogP contribution is 2.38. The standard InChI is InChI=1S/C12H14ClNO4/c13-8-4-7(5-9(14)12(15)16)6-10-11(8)18-3-1-2-17-10/h4,6,9H,1-3,5,14H2,(H,15,16). The lowest BCUT2D eigenvalue weighted by Crippen LogP contribution is -2.32. The summed E-state index contributed by atoms with van der Waals surface area (Å²) in [5.74, 6) is 0.0210. The maximum Gasteiger partial charge on any atom is 0.320 e. The SMILES string of the molecule is NC(Cc1cc(Cl)c2c(c1)OCCCO2)C(=O)O. The van der Waals surface area contributed by atoms with Crippen molar-refractivity contribution in [1.82, 2.24) is 0 Å². The molecule has 98 valence electrons. The second kappa shape index (κ2) is 5.46. The average molecular weight is 272 g/mol. The lowest BCUT2D eigenvalue weighted by atomic mass is 10.1. The van der Waals surface area contributed by atoms with Gasteiger partial charge in [-0.3, -0.25) is 4.79 Å². The first-order chi connectivity index (χ1) is 8.58. The number of nitrogens with two attached hydrogens (primary N) is 1. The van der Waals surface area contributed by atoms with Gasteiger partial charge in [-0.25, -0.2) is 0 Å². The summed E-state index contributed by atoms with van der Waals surface area (Å²) < 4.78 is 11.0. The monoisotopic (exact) mass is 271 g/mol. The number of halogens is 1. The zero-order valence-electron chi connectivity index (χ0n) is 9.69. The molecular formula is C12H14ClNO4. The Morgan fingerprint density at radius 3 is 2.89 bits per heavy atom. The van der Waals surface area contributed by atoms with Gasteiger partial charge in [0, 0.05) is 6.42 Å². The van der Waals surface area contributed by atoms with E-state index in [-0.39, 0.29) is 6.42 Å². The number of fused-ring (bicyclic) bond motifs is 1. The topological polar surface area (TPSA) is 81.8 Å². The van der Waals surface area contributed by atoms with E-state index in [1.54, 1.807) is 12.1 Å². The number of hydrogen-bond donors (Lipinski definition) is 2. The van der Waals surface area contributed by atoms with E-state index in [1.807, 2.05) is 0 Å². The second-order valence-electron chi connectivity index (χ2n) is 4.10. The largest absolute Gasteiger partial charge is 0.489 e. The number of ether oxygens (including phenoxy) is 2. The lowest BCUT2D eigenvalue weighted by molar-refractivity contribution is -0.138. The van der Waals surface area contributed by atoms with Crippen LogP contribution in [-0.4, -0.2) is 30.3 Å². The van der Waals surface area contributed by atoms with Gasteiger partial charge < -0.3 is 20.3 Å². The molecule has 0 aliphatic carbocycles. The van der Waals surface area contributed by atoms with Crippen LogP contribution in [0.5, 0.6) is 11.5 Å². The molecule has 1 aliphatic rings. The number of carbonyl (C=O) groups is 1. The molecule has 1 aromatic carbocycles. The van der Waals surface area contributed by atoms with Crippen molar-refractivity contribution >= 4 is 17.6 Å². The van der Waals surface area contributed by atoms with Gasteiger partial charge in [0.25, 0.3) is 0 Å². The quantitative estimate of drug-likeness (QED) is 0.870. The van der Waals surface area contributed by atoms with Crippen LogP contribution >= 0.6 is 11.6 Å². The van der Waals surface area contributed by atoms with Crippen LogP contribution in [-0.2, 0) is 11.2 Å². The Kier molecular flexibility index (Phi) is 3.93. The van der Waals surface area contributed by atoms with E-state index in [0.717, 1.165) is 12.0 Å². The Morgan fingerprint density at radius 1 is 1.44 bits per heavy atom. The third-order valence-electron chi connectivity index (χ3n) is 2.63. The van der Waals surface area contributed by atoms with E-state index in [0.29, 0.717) is 29.7 Å². The maximum atomic E-state index is 10.7. The fourth-order valence-corrected chi connectivity index (χ4v) is 2.03. The molecule has 0 saturated heterocycles. The average Bonchev–Trinajstić information content (AvgIpc) is 2.54. The Labute approximate surface area is 109 Å². The molecule has 3 N–H and O–H groups in total. The van der Waals surface area contributed by atoms with Crippen LogP contribution in [0.4, 0.5) is 0 Å². The lowest BCUT2D eigenvalue weighted by Gasteiger charge is -2.12. The molecule has 0 bridgehead atoms. The molecule has 5 nitrogen and oxygen atoms in total. The molecule has 0 amide bonds. The van der Waals surface area contributed by atoms with Crippen molar-refractivity contribution < 1.29 is 19.4 Å². The van der Waals surface area contributed by atoms with Crippen molar-refractivity contribution in [2.45, 2.75) is 18.9 Å². The van der Waals surface area contributed by atoms with E-state index >= 15 is 0 Å². The van der Waals surface area contributed by atoms with Crippen molar-refractivity contribution in [3.63, 3.8) is 0 Å². The molecule has 6 heteroatoms. The van der Waals surface area contributed by atoms with Gasteiger partial charge in [0.2, 0.25) is 0 Å². The first-order valence-corrected chi connectivity index (χ1v) is 6.02. The maximum absolute atomic E-state index is 10.7. The van der Waals surface area contributed by atoms with Gasteiger partial charge in [0.1, 0.15) is 6.04 Å². The molecule has 0 saturated carbocycles. The van der Waals surface area contributed by atoms with Gasteiger partial charge in [-0.05, 0) is 24.1 Å². The molecule has 0 radical (unpaired) electrons. The highest BCUT2D eigenvalue weighted by Gasteiger charge is 2.18. The van der Waals surface area contributed by atoms with Crippen molar-refractivity contribution in [2.75, 3.05) is 13.2 Å². The summed E-state index contributed by atoms with van der Waals surface area (Å²) in [6, 6.07) is 2.44. The third-order valence-corrected chi connectivity index (χ3v) is 2.92. The molecule has 0 spiro atoms. The van der Waals surface area contributed by atoms with Crippen LogP contribution in [0.1, 0.15) is 12.0 Å². The van der Waals surface area contributed by atoms with E-state index in [1.165, 1.54) is 0 Å². The van der Waals surface area contributed by atoms with Crippen LogP contribution in [0.25, 0.3) is 0 Å². The highest BCUT2D eigenvalue weighted by atomic mass is 35.5. The van der Waals surface area contributed by atoms with Gasteiger partial charge in [-0.2, -0.15) is 0 Å².